The highest BCUT2D eigenvalue weighted by Gasteiger charge is 2.26. The Morgan fingerprint density at radius 2 is 1.93 bits per heavy atom. The molecule has 2 aliphatic rings. The predicted octanol–water partition coefficient (Wildman–Crippen LogP) is 2.52. The summed E-state index contributed by atoms with van der Waals surface area (Å²) in [5, 5.41) is 1.25. The molecule has 30 heavy (non-hydrogen) atoms. The lowest BCUT2D eigenvalue weighted by Crippen LogP contribution is -2.49. The van der Waals surface area contributed by atoms with Gasteiger partial charge in [-0.25, -0.2) is 4.98 Å². The van der Waals surface area contributed by atoms with E-state index in [2.05, 4.69) is 43.4 Å². The van der Waals surface area contributed by atoms with Crippen LogP contribution in [-0.4, -0.2) is 78.0 Å². The van der Waals surface area contributed by atoms with Crippen LogP contribution in [0.5, 0.6) is 5.88 Å². The van der Waals surface area contributed by atoms with Gasteiger partial charge in [0.05, 0.1) is 17.4 Å². The number of methoxy groups -OCH3 is 1. The van der Waals surface area contributed by atoms with Crippen molar-refractivity contribution in [2.45, 2.75) is 6.42 Å². The quantitative estimate of drug-likeness (QED) is 0.629. The fourth-order valence-electron chi connectivity index (χ4n) is 4.27. The minimum Gasteiger partial charge on any atom is -0.481 e. The monoisotopic (exact) mass is 423 g/mol. The van der Waals surface area contributed by atoms with E-state index in [9.17, 15) is 4.79 Å². The van der Waals surface area contributed by atoms with Crippen LogP contribution in [0.15, 0.2) is 36.5 Å². The first-order chi connectivity index (χ1) is 14.7. The van der Waals surface area contributed by atoms with Gasteiger partial charge in [-0.05, 0) is 35.6 Å². The van der Waals surface area contributed by atoms with E-state index in [1.807, 2.05) is 11.0 Å². The van der Waals surface area contributed by atoms with Crippen LogP contribution in [0.3, 0.4) is 0 Å². The van der Waals surface area contributed by atoms with Crippen LogP contribution in [0.1, 0.15) is 15.9 Å². The highest BCUT2D eigenvalue weighted by atomic mass is 32.1. The molecule has 1 saturated heterocycles. The zero-order chi connectivity index (χ0) is 20.5. The highest BCUT2D eigenvalue weighted by Crippen LogP contribution is 2.29. The van der Waals surface area contributed by atoms with Crippen molar-refractivity contribution in [3.8, 4) is 5.88 Å². The molecule has 1 aromatic carbocycles. The topological polar surface area (TPSA) is 61.8 Å². The lowest BCUT2D eigenvalue weighted by Gasteiger charge is -2.36. The summed E-state index contributed by atoms with van der Waals surface area (Å²) < 4.78 is 11.1. The molecule has 3 aromatic rings. The van der Waals surface area contributed by atoms with E-state index in [4.69, 9.17) is 4.74 Å². The van der Waals surface area contributed by atoms with Gasteiger partial charge >= 0.3 is 0 Å². The Bertz CT molecular complexity index is 1060. The third kappa shape index (κ3) is 3.61. The van der Waals surface area contributed by atoms with E-state index in [0.29, 0.717) is 11.4 Å². The lowest BCUT2D eigenvalue weighted by molar-refractivity contribution is 0.0716. The van der Waals surface area contributed by atoms with Gasteiger partial charge in [-0.15, -0.1) is 0 Å². The van der Waals surface area contributed by atoms with Gasteiger partial charge in [-0.1, -0.05) is 12.1 Å². The summed E-state index contributed by atoms with van der Waals surface area (Å²) in [6.45, 7) is 6.32. The Morgan fingerprint density at radius 3 is 2.77 bits per heavy atom. The summed E-state index contributed by atoms with van der Waals surface area (Å²) in [7, 11) is 1.60. The van der Waals surface area contributed by atoms with E-state index in [1.54, 1.807) is 24.8 Å². The predicted molar refractivity (Wildman–Crippen MR) is 119 cm³/mol. The van der Waals surface area contributed by atoms with E-state index in [0.717, 1.165) is 63.6 Å². The Hall–Kier alpha value is -2.71. The van der Waals surface area contributed by atoms with Gasteiger partial charge in [-0.3, -0.25) is 9.69 Å². The third-order valence-electron chi connectivity index (χ3n) is 6.06. The maximum atomic E-state index is 12.8. The number of pyridine rings is 1. The van der Waals surface area contributed by atoms with Crippen LogP contribution in [0.4, 0.5) is 5.82 Å². The van der Waals surface area contributed by atoms with Gasteiger partial charge in [0.2, 0.25) is 5.88 Å². The molecule has 1 amide bonds. The summed E-state index contributed by atoms with van der Waals surface area (Å²) >= 11 is 1.57. The molecule has 0 bridgehead atoms. The number of hydrogen-bond donors (Lipinski definition) is 0. The first-order valence-electron chi connectivity index (χ1n) is 10.4. The molecular formula is C22H25N5O2S. The van der Waals surface area contributed by atoms with Crippen molar-refractivity contribution in [3.63, 3.8) is 0 Å². The summed E-state index contributed by atoms with van der Waals surface area (Å²) in [4.78, 5) is 23.8. The van der Waals surface area contributed by atoms with Crippen molar-refractivity contribution in [2.75, 3.05) is 57.8 Å². The molecule has 0 aliphatic carbocycles. The Balaban J connectivity index is 1.16. The molecule has 0 unspecified atom stereocenters. The second-order valence-corrected chi connectivity index (χ2v) is 8.56. The molecule has 8 heteroatoms. The van der Waals surface area contributed by atoms with E-state index in [1.165, 1.54) is 10.1 Å². The second-order valence-electron chi connectivity index (χ2n) is 7.76. The van der Waals surface area contributed by atoms with Crippen molar-refractivity contribution in [2.24, 2.45) is 0 Å². The molecule has 2 aromatic heterocycles. The van der Waals surface area contributed by atoms with E-state index >= 15 is 0 Å². The van der Waals surface area contributed by atoms with Crippen molar-refractivity contribution in [1.82, 2.24) is 19.2 Å². The Labute approximate surface area is 180 Å². The standard InChI is InChI=1S/C22H25N5O2S/c1-29-20-14-16-6-7-27(22(28)18(16)15-23-20)13-10-25-8-11-26(12-9-25)21-17-4-2-3-5-19(17)30-24-21/h2-5,14-15H,6-13H2,1H3. The molecule has 7 nitrogen and oxygen atoms in total. The van der Waals surface area contributed by atoms with Crippen LogP contribution >= 0.6 is 11.5 Å². The van der Waals surface area contributed by atoms with Crippen molar-refractivity contribution < 1.29 is 9.53 Å². The lowest BCUT2D eigenvalue weighted by atomic mass is 10.0. The van der Waals surface area contributed by atoms with E-state index in [-0.39, 0.29) is 5.91 Å². The van der Waals surface area contributed by atoms with Gasteiger partial charge in [-0.2, -0.15) is 4.37 Å². The Kier molecular flexibility index (Phi) is 5.26. The van der Waals surface area contributed by atoms with Gasteiger partial charge in [0.25, 0.3) is 5.91 Å². The van der Waals surface area contributed by atoms with Crippen LogP contribution in [-0.2, 0) is 6.42 Å². The smallest absolute Gasteiger partial charge is 0.255 e. The molecule has 5 rings (SSSR count). The molecule has 0 saturated carbocycles. The average Bonchev–Trinajstić information content (AvgIpc) is 3.23. The zero-order valence-electron chi connectivity index (χ0n) is 17.1. The normalized spacial score (nSPS) is 17.4. The number of ether oxygens (including phenoxy) is 1. The first-order valence-corrected chi connectivity index (χ1v) is 11.1. The molecule has 0 N–H and O–H groups in total. The summed E-state index contributed by atoms with van der Waals surface area (Å²) in [6, 6.07) is 10.3. The third-order valence-corrected chi connectivity index (χ3v) is 6.88. The average molecular weight is 424 g/mol. The van der Waals surface area contributed by atoms with Crippen LogP contribution in [0.25, 0.3) is 10.1 Å². The van der Waals surface area contributed by atoms with E-state index < -0.39 is 0 Å². The summed E-state index contributed by atoms with van der Waals surface area (Å²) in [6.07, 6.45) is 2.50. The maximum absolute atomic E-state index is 12.8. The molecular weight excluding hydrogens is 398 g/mol. The van der Waals surface area contributed by atoms with Crippen molar-refractivity contribution >= 4 is 33.3 Å². The van der Waals surface area contributed by atoms with Crippen LogP contribution < -0.4 is 9.64 Å². The number of anilines is 1. The van der Waals surface area contributed by atoms with Crippen LogP contribution in [0, 0.1) is 0 Å². The van der Waals surface area contributed by atoms with Gasteiger partial charge in [0, 0.05) is 63.5 Å². The number of amides is 1. The van der Waals surface area contributed by atoms with Gasteiger partial charge in [0.15, 0.2) is 0 Å². The number of aromatic nitrogens is 2. The Morgan fingerprint density at radius 1 is 1.10 bits per heavy atom. The van der Waals surface area contributed by atoms with Crippen molar-refractivity contribution in [1.29, 1.82) is 0 Å². The number of fused-ring (bicyclic) bond motifs is 2. The number of nitrogens with zero attached hydrogens (tertiary/aromatic N) is 5. The number of carbonyl (C=O) groups is 1. The summed E-state index contributed by atoms with van der Waals surface area (Å²) in [5.74, 6) is 1.76. The minimum absolute atomic E-state index is 0.0824. The number of carbonyl (C=O) groups excluding carboxylic acids is 1. The number of hydrogen-bond acceptors (Lipinski definition) is 7. The number of benzene rings is 1. The fourth-order valence-corrected chi connectivity index (χ4v) is 5.07. The molecule has 2 aliphatic heterocycles. The molecule has 1 fully saturated rings. The second kappa shape index (κ2) is 8.20. The fraction of sp³-hybridized carbons (Fsp3) is 0.409. The molecule has 0 atom stereocenters. The van der Waals surface area contributed by atoms with Crippen LogP contribution in [0.2, 0.25) is 0 Å². The molecule has 4 heterocycles. The molecule has 0 radical (unpaired) electrons. The largest absolute Gasteiger partial charge is 0.481 e. The minimum atomic E-state index is 0.0824. The first kappa shape index (κ1) is 19.3. The summed E-state index contributed by atoms with van der Waals surface area (Å²) in [5.41, 5.74) is 1.74. The zero-order valence-corrected chi connectivity index (χ0v) is 17.9. The highest BCUT2D eigenvalue weighted by molar-refractivity contribution is 7.13. The van der Waals surface area contributed by atoms with Gasteiger partial charge < -0.3 is 14.5 Å². The maximum Gasteiger partial charge on any atom is 0.255 e. The molecule has 156 valence electrons. The SMILES string of the molecule is COc1cc2c(cn1)C(=O)N(CCN1CCN(c3nsc4ccccc34)CC1)CC2. The number of piperazine rings is 1. The number of rotatable bonds is 5. The molecule has 0 spiro atoms. The van der Waals surface area contributed by atoms with Crippen molar-refractivity contribution in [3.05, 3.63) is 47.7 Å². The van der Waals surface area contributed by atoms with Gasteiger partial charge in [0.1, 0.15) is 5.82 Å².